The SMILES string of the molecule is O=C(O)C1Cc2c([nH]c3cc(Br)ccc23)CN1C(=O)O. The largest absolute Gasteiger partial charge is 0.480 e. The first-order chi connectivity index (χ1) is 9.47. The van der Waals surface area contributed by atoms with Crippen LogP contribution >= 0.6 is 15.9 Å². The number of carboxylic acids is 1. The minimum atomic E-state index is -1.22. The molecular weight excluding hydrogens is 328 g/mol. The molecule has 3 rings (SSSR count). The smallest absolute Gasteiger partial charge is 0.408 e. The highest BCUT2D eigenvalue weighted by Gasteiger charge is 2.36. The van der Waals surface area contributed by atoms with E-state index >= 15 is 0 Å². The van der Waals surface area contributed by atoms with Gasteiger partial charge < -0.3 is 15.2 Å². The third-order valence-corrected chi connectivity index (χ3v) is 4.08. The number of hydrogen-bond donors (Lipinski definition) is 3. The molecule has 0 aliphatic carbocycles. The molecule has 3 N–H and O–H groups in total. The Morgan fingerprint density at radius 3 is 2.75 bits per heavy atom. The lowest BCUT2D eigenvalue weighted by molar-refractivity contribution is -0.143. The molecule has 0 saturated carbocycles. The van der Waals surface area contributed by atoms with Crippen LogP contribution in [0.4, 0.5) is 4.79 Å². The molecule has 1 aromatic heterocycles. The van der Waals surface area contributed by atoms with Crippen LogP contribution in [0.2, 0.25) is 0 Å². The number of amides is 1. The van der Waals surface area contributed by atoms with Gasteiger partial charge in [-0.3, -0.25) is 4.90 Å². The molecule has 2 heterocycles. The molecule has 1 aromatic carbocycles. The molecule has 1 unspecified atom stereocenters. The maximum atomic E-state index is 11.3. The number of aromatic nitrogens is 1. The second kappa shape index (κ2) is 4.52. The Balaban J connectivity index is 2.13. The Kier molecular flexibility index (Phi) is 2.93. The van der Waals surface area contributed by atoms with Gasteiger partial charge in [0.05, 0.1) is 6.54 Å². The number of H-pyrrole nitrogens is 1. The highest BCUT2D eigenvalue weighted by molar-refractivity contribution is 9.10. The molecule has 1 atom stereocenters. The summed E-state index contributed by atoms with van der Waals surface area (Å²) in [5.41, 5.74) is 2.52. The van der Waals surface area contributed by atoms with Crippen LogP contribution in [0.25, 0.3) is 10.9 Å². The predicted octanol–water partition coefficient (Wildman–Crippen LogP) is 2.42. The number of hydrogen-bond acceptors (Lipinski definition) is 2. The van der Waals surface area contributed by atoms with Crippen LogP contribution in [-0.4, -0.2) is 38.2 Å². The number of aromatic amines is 1. The number of fused-ring (bicyclic) bond motifs is 3. The second-order valence-electron chi connectivity index (χ2n) is 4.74. The van der Waals surface area contributed by atoms with Crippen LogP contribution in [0.15, 0.2) is 22.7 Å². The number of nitrogens with zero attached hydrogens (tertiary/aromatic N) is 1. The molecule has 2 aromatic rings. The molecule has 1 aliphatic heterocycles. The molecule has 0 fully saturated rings. The molecular formula is C13H11BrN2O4. The lowest BCUT2D eigenvalue weighted by Crippen LogP contribution is -2.48. The van der Waals surface area contributed by atoms with E-state index < -0.39 is 18.1 Å². The maximum Gasteiger partial charge on any atom is 0.408 e. The number of benzene rings is 1. The molecule has 0 spiro atoms. The van der Waals surface area contributed by atoms with E-state index in [1.807, 2.05) is 18.2 Å². The van der Waals surface area contributed by atoms with Crippen molar-refractivity contribution in [1.29, 1.82) is 0 Å². The normalized spacial score (nSPS) is 18.1. The first-order valence-corrected chi connectivity index (χ1v) is 6.78. The van der Waals surface area contributed by atoms with Crippen molar-refractivity contribution < 1.29 is 19.8 Å². The zero-order valence-electron chi connectivity index (χ0n) is 10.3. The van der Waals surface area contributed by atoms with E-state index in [9.17, 15) is 14.7 Å². The van der Waals surface area contributed by atoms with E-state index in [-0.39, 0.29) is 13.0 Å². The van der Waals surface area contributed by atoms with Gasteiger partial charge in [-0.15, -0.1) is 0 Å². The van der Waals surface area contributed by atoms with Crippen molar-refractivity contribution >= 4 is 38.9 Å². The van der Waals surface area contributed by atoms with Crippen LogP contribution in [0, 0.1) is 0 Å². The van der Waals surface area contributed by atoms with E-state index in [2.05, 4.69) is 20.9 Å². The fourth-order valence-electron chi connectivity index (χ4n) is 2.66. The fourth-order valence-corrected chi connectivity index (χ4v) is 3.02. The van der Waals surface area contributed by atoms with Gasteiger partial charge in [0.1, 0.15) is 6.04 Å². The van der Waals surface area contributed by atoms with Gasteiger partial charge in [0, 0.05) is 27.5 Å². The molecule has 1 amide bonds. The van der Waals surface area contributed by atoms with Gasteiger partial charge in [0.2, 0.25) is 0 Å². The van der Waals surface area contributed by atoms with Crippen LogP contribution < -0.4 is 0 Å². The maximum absolute atomic E-state index is 11.3. The highest BCUT2D eigenvalue weighted by atomic mass is 79.9. The zero-order chi connectivity index (χ0) is 14.4. The van der Waals surface area contributed by atoms with E-state index in [4.69, 9.17) is 5.11 Å². The van der Waals surface area contributed by atoms with Crippen molar-refractivity contribution in [1.82, 2.24) is 9.88 Å². The van der Waals surface area contributed by atoms with Gasteiger partial charge in [-0.2, -0.15) is 0 Å². The topological polar surface area (TPSA) is 93.6 Å². The minimum Gasteiger partial charge on any atom is -0.480 e. The summed E-state index contributed by atoms with van der Waals surface area (Å²) in [6.07, 6.45) is -1.04. The zero-order valence-corrected chi connectivity index (χ0v) is 11.8. The Morgan fingerprint density at radius 2 is 2.10 bits per heavy atom. The lowest BCUT2D eigenvalue weighted by Gasteiger charge is -2.30. The van der Waals surface area contributed by atoms with Gasteiger partial charge in [-0.25, -0.2) is 9.59 Å². The van der Waals surface area contributed by atoms with Crippen molar-refractivity contribution in [2.75, 3.05) is 0 Å². The van der Waals surface area contributed by atoms with Gasteiger partial charge in [0.15, 0.2) is 0 Å². The Bertz CT molecular complexity index is 724. The fraction of sp³-hybridized carbons (Fsp3) is 0.231. The summed E-state index contributed by atoms with van der Waals surface area (Å²) in [7, 11) is 0. The molecule has 0 saturated heterocycles. The lowest BCUT2D eigenvalue weighted by atomic mass is 9.97. The third-order valence-electron chi connectivity index (χ3n) is 3.59. The third kappa shape index (κ3) is 1.94. The standard InChI is InChI=1S/C13H11BrN2O4/c14-6-1-2-7-8-4-11(12(17)18)16(13(19)20)5-10(8)15-9(7)3-6/h1-3,11,15H,4-5H2,(H,17,18)(H,19,20). The van der Waals surface area contributed by atoms with E-state index in [0.29, 0.717) is 0 Å². The van der Waals surface area contributed by atoms with Gasteiger partial charge >= 0.3 is 12.1 Å². The van der Waals surface area contributed by atoms with E-state index in [1.165, 1.54) is 0 Å². The first kappa shape index (κ1) is 13.0. The van der Waals surface area contributed by atoms with Crippen LogP contribution in [-0.2, 0) is 17.8 Å². The summed E-state index contributed by atoms with van der Waals surface area (Å²) in [6, 6.07) is 4.65. The van der Waals surface area contributed by atoms with Crippen molar-refractivity contribution in [3.63, 3.8) is 0 Å². The molecule has 20 heavy (non-hydrogen) atoms. The molecule has 7 heteroatoms. The van der Waals surface area contributed by atoms with Crippen molar-refractivity contribution in [2.45, 2.75) is 19.0 Å². The summed E-state index contributed by atoms with van der Waals surface area (Å²) in [6.45, 7) is 0.0634. The summed E-state index contributed by atoms with van der Waals surface area (Å²) in [5, 5.41) is 19.3. The Labute approximate surface area is 122 Å². The first-order valence-electron chi connectivity index (χ1n) is 5.98. The molecule has 0 bridgehead atoms. The number of carboxylic acid groups (broad SMARTS) is 2. The van der Waals surface area contributed by atoms with E-state index in [0.717, 1.165) is 31.5 Å². The van der Waals surface area contributed by atoms with Gasteiger partial charge in [-0.05, 0) is 17.7 Å². The highest BCUT2D eigenvalue weighted by Crippen LogP contribution is 2.31. The summed E-state index contributed by atoms with van der Waals surface area (Å²) in [5.74, 6) is -1.12. The van der Waals surface area contributed by atoms with Crippen LogP contribution in [0.1, 0.15) is 11.3 Å². The summed E-state index contributed by atoms with van der Waals surface area (Å²) in [4.78, 5) is 26.6. The number of rotatable bonds is 1. The summed E-state index contributed by atoms with van der Waals surface area (Å²) < 4.78 is 0.911. The van der Waals surface area contributed by atoms with Gasteiger partial charge in [0.25, 0.3) is 0 Å². The van der Waals surface area contributed by atoms with Crippen molar-refractivity contribution in [3.05, 3.63) is 33.9 Å². The average Bonchev–Trinajstić information content (AvgIpc) is 2.73. The molecule has 6 nitrogen and oxygen atoms in total. The minimum absolute atomic E-state index is 0.0634. The quantitative estimate of drug-likeness (QED) is 0.744. The van der Waals surface area contributed by atoms with Gasteiger partial charge in [-0.1, -0.05) is 22.0 Å². The number of halogens is 1. The molecule has 104 valence electrons. The van der Waals surface area contributed by atoms with Crippen LogP contribution in [0.5, 0.6) is 0 Å². The predicted molar refractivity (Wildman–Crippen MR) is 74.7 cm³/mol. The number of carbonyl (C=O) groups is 2. The Morgan fingerprint density at radius 1 is 1.35 bits per heavy atom. The van der Waals surface area contributed by atoms with Crippen LogP contribution in [0.3, 0.4) is 0 Å². The second-order valence-corrected chi connectivity index (χ2v) is 5.66. The van der Waals surface area contributed by atoms with E-state index in [1.54, 1.807) is 0 Å². The summed E-state index contributed by atoms with van der Waals surface area (Å²) >= 11 is 3.38. The molecule has 1 aliphatic rings. The monoisotopic (exact) mass is 338 g/mol. The Hall–Kier alpha value is -2.02. The number of nitrogens with one attached hydrogen (secondary N) is 1. The number of aliphatic carboxylic acids is 1. The van der Waals surface area contributed by atoms with Crippen molar-refractivity contribution in [3.8, 4) is 0 Å². The average molecular weight is 339 g/mol. The molecule has 0 radical (unpaired) electrons. The van der Waals surface area contributed by atoms with Crippen molar-refractivity contribution in [2.24, 2.45) is 0 Å².